The van der Waals surface area contributed by atoms with E-state index in [9.17, 15) is 4.79 Å². The average Bonchev–Trinajstić information content (AvgIpc) is 2.62. The van der Waals surface area contributed by atoms with Gasteiger partial charge in [-0.1, -0.05) is 18.2 Å². The van der Waals surface area contributed by atoms with Crippen LogP contribution in [0.5, 0.6) is 5.75 Å². The largest absolute Gasteiger partial charge is 0.495 e. The van der Waals surface area contributed by atoms with Crippen LogP contribution < -0.4 is 15.4 Å². The Hall–Kier alpha value is -3.34. The highest BCUT2D eigenvalue weighted by Gasteiger charge is 2.10. The molecule has 0 saturated carbocycles. The van der Waals surface area contributed by atoms with Gasteiger partial charge in [0.25, 0.3) is 5.91 Å². The lowest BCUT2D eigenvalue weighted by Crippen LogP contribution is -2.14. The topological polar surface area (TPSA) is 63.2 Å². The molecule has 0 radical (unpaired) electrons. The van der Waals surface area contributed by atoms with Crippen molar-refractivity contribution >= 4 is 23.0 Å². The minimum atomic E-state index is -0.285. The van der Waals surface area contributed by atoms with Gasteiger partial charge >= 0.3 is 0 Å². The first-order chi connectivity index (χ1) is 12.5. The summed E-state index contributed by atoms with van der Waals surface area (Å²) in [6.45, 7) is 4.11. The fourth-order valence-electron chi connectivity index (χ4n) is 2.75. The van der Waals surface area contributed by atoms with Gasteiger partial charge in [-0.05, 0) is 61.4 Å². The third-order valence-electron chi connectivity index (χ3n) is 3.86. The summed E-state index contributed by atoms with van der Waals surface area (Å²) in [6.07, 6.45) is 1.65. The second-order valence-electron chi connectivity index (χ2n) is 6.09. The van der Waals surface area contributed by atoms with Crippen molar-refractivity contribution < 1.29 is 9.53 Å². The van der Waals surface area contributed by atoms with Crippen LogP contribution in [0.15, 0.2) is 60.8 Å². The number of benzene rings is 2. The summed E-state index contributed by atoms with van der Waals surface area (Å²) >= 11 is 0. The molecule has 2 aromatic carbocycles. The van der Waals surface area contributed by atoms with Crippen molar-refractivity contribution in [2.75, 3.05) is 17.7 Å². The summed E-state index contributed by atoms with van der Waals surface area (Å²) in [5.41, 5.74) is 5.14. The number of nitrogens with zero attached hydrogens (tertiary/aromatic N) is 1. The second kappa shape index (κ2) is 7.70. The summed E-state index contributed by atoms with van der Waals surface area (Å²) < 4.78 is 5.24. The Kier molecular flexibility index (Phi) is 5.17. The van der Waals surface area contributed by atoms with Crippen LogP contribution in [0.25, 0.3) is 0 Å². The van der Waals surface area contributed by atoms with Gasteiger partial charge in [0.2, 0.25) is 0 Å². The second-order valence-corrected chi connectivity index (χ2v) is 6.09. The molecule has 0 atom stereocenters. The number of methoxy groups -OCH3 is 1. The van der Waals surface area contributed by atoms with E-state index in [1.807, 2.05) is 18.2 Å². The number of aromatic nitrogens is 1. The first-order valence-electron chi connectivity index (χ1n) is 8.31. The zero-order chi connectivity index (χ0) is 18.5. The van der Waals surface area contributed by atoms with Crippen LogP contribution >= 0.6 is 0 Å². The highest BCUT2D eigenvalue weighted by Crippen LogP contribution is 2.24. The Balaban J connectivity index is 1.71. The highest BCUT2D eigenvalue weighted by molar-refractivity contribution is 6.03. The molecule has 0 aliphatic heterocycles. The van der Waals surface area contributed by atoms with E-state index in [0.717, 1.165) is 11.4 Å². The van der Waals surface area contributed by atoms with Crippen LogP contribution in [0, 0.1) is 13.8 Å². The molecule has 132 valence electrons. The Morgan fingerprint density at radius 1 is 0.962 bits per heavy atom. The minimum Gasteiger partial charge on any atom is -0.495 e. The van der Waals surface area contributed by atoms with Crippen LogP contribution in [0.4, 0.5) is 17.1 Å². The Morgan fingerprint density at radius 3 is 2.35 bits per heavy atom. The lowest BCUT2D eigenvalue weighted by molar-refractivity contribution is 0.102. The summed E-state index contributed by atoms with van der Waals surface area (Å²) in [5, 5.41) is 6.12. The van der Waals surface area contributed by atoms with Gasteiger partial charge in [-0.2, -0.15) is 0 Å². The monoisotopic (exact) mass is 347 g/mol. The molecule has 0 aliphatic rings. The van der Waals surface area contributed by atoms with E-state index in [1.54, 1.807) is 31.5 Å². The molecule has 1 amide bonds. The molecule has 0 aliphatic carbocycles. The van der Waals surface area contributed by atoms with Crippen molar-refractivity contribution in [2.45, 2.75) is 13.8 Å². The van der Waals surface area contributed by atoms with E-state index < -0.39 is 0 Å². The third-order valence-corrected chi connectivity index (χ3v) is 3.86. The molecule has 5 nitrogen and oxygen atoms in total. The number of ether oxygens (including phenoxy) is 1. The maximum absolute atomic E-state index is 12.4. The molecular formula is C21H21N3O2. The van der Waals surface area contributed by atoms with E-state index in [4.69, 9.17) is 4.74 Å². The van der Waals surface area contributed by atoms with E-state index in [1.165, 1.54) is 11.1 Å². The molecule has 0 saturated heterocycles. The van der Waals surface area contributed by atoms with E-state index in [-0.39, 0.29) is 5.91 Å². The number of amides is 1. The first kappa shape index (κ1) is 17.5. The van der Waals surface area contributed by atoms with Crippen molar-refractivity contribution in [3.8, 4) is 5.75 Å². The van der Waals surface area contributed by atoms with Gasteiger partial charge in [-0.25, -0.2) is 4.98 Å². The van der Waals surface area contributed by atoms with Crippen LogP contribution in [0.3, 0.4) is 0 Å². The number of aryl methyl sites for hydroxylation is 2. The summed E-state index contributed by atoms with van der Waals surface area (Å²) in [7, 11) is 1.57. The standard InChI is InChI=1S/C21H21N3O2/c1-14-10-15(2)12-17(11-14)23-16-8-9-19(22-13-16)21(25)24-18-6-4-5-7-20(18)26-3/h4-13,23H,1-3H3,(H,24,25). The number of anilines is 3. The average molecular weight is 347 g/mol. The molecule has 2 N–H and O–H groups in total. The molecule has 0 fully saturated rings. The fourth-order valence-corrected chi connectivity index (χ4v) is 2.75. The molecule has 0 unspecified atom stereocenters. The lowest BCUT2D eigenvalue weighted by atomic mass is 10.1. The van der Waals surface area contributed by atoms with Crippen molar-refractivity contribution in [3.63, 3.8) is 0 Å². The summed E-state index contributed by atoms with van der Waals surface area (Å²) in [6, 6.07) is 17.0. The summed E-state index contributed by atoms with van der Waals surface area (Å²) in [4.78, 5) is 16.6. The maximum Gasteiger partial charge on any atom is 0.274 e. The van der Waals surface area contributed by atoms with Crippen LogP contribution in [-0.4, -0.2) is 18.0 Å². The number of nitrogens with one attached hydrogen (secondary N) is 2. The van der Waals surface area contributed by atoms with E-state index >= 15 is 0 Å². The van der Waals surface area contributed by atoms with Crippen molar-refractivity contribution in [1.82, 2.24) is 4.98 Å². The SMILES string of the molecule is COc1ccccc1NC(=O)c1ccc(Nc2cc(C)cc(C)c2)cn1. The molecule has 3 aromatic rings. The smallest absolute Gasteiger partial charge is 0.274 e. The number of carbonyl (C=O) groups is 1. The van der Waals surface area contributed by atoms with Crippen LogP contribution in [0.2, 0.25) is 0 Å². The van der Waals surface area contributed by atoms with Crippen LogP contribution in [0.1, 0.15) is 21.6 Å². The molecule has 1 aromatic heterocycles. The Labute approximate surface area is 153 Å². The van der Waals surface area contributed by atoms with Crippen molar-refractivity contribution in [1.29, 1.82) is 0 Å². The molecule has 0 bridgehead atoms. The number of carbonyl (C=O) groups excluding carboxylic acids is 1. The van der Waals surface area contributed by atoms with Gasteiger partial charge in [-0.15, -0.1) is 0 Å². The van der Waals surface area contributed by atoms with Gasteiger partial charge in [0.05, 0.1) is 24.7 Å². The predicted molar refractivity (Wildman–Crippen MR) is 104 cm³/mol. The molecule has 5 heteroatoms. The molecule has 1 heterocycles. The molecule has 3 rings (SSSR count). The Bertz CT molecular complexity index is 901. The van der Waals surface area contributed by atoms with Gasteiger partial charge in [0, 0.05) is 5.69 Å². The minimum absolute atomic E-state index is 0.285. The molecule has 26 heavy (non-hydrogen) atoms. The lowest BCUT2D eigenvalue weighted by Gasteiger charge is -2.11. The Morgan fingerprint density at radius 2 is 1.69 bits per heavy atom. The fraction of sp³-hybridized carbons (Fsp3) is 0.143. The van der Waals surface area contributed by atoms with Gasteiger partial charge < -0.3 is 15.4 Å². The van der Waals surface area contributed by atoms with Crippen molar-refractivity contribution in [2.24, 2.45) is 0 Å². The van der Waals surface area contributed by atoms with Gasteiger partial charge in [-0.3, -0.25) is 4.79 Å². The number of para-hydroxylation sites is 2. The normalized spacial score (nSPS) is 10.3. The van der Waals surface area contributed by atoms with Crippen LogP contribution in [-0.2, 0) is 0 Å². The van der Waals surface area contributed by atoms with E-state index in [2.05, 4.69) is 47.7 Å². The van der Waals surface area contributed by atoms with E-state index in [0.29, 0.717) is 17.1 Å². The van der Waals surface area contributed by atoms with Gasteiger partial charge in [0.1, 0.15) is 11.4 Å². The number of hydrogen-bond donors (Lipinski definition) is 2. The third kappa shape index (κ3) is 4.19. The zero-order valence-electron chi connectivity index (χ0n) is 15.0. The zero-order valence-corrected chi connectivity index (χ0v) is 15.0. The first-order valence-corrected chi connectivity index (χ1v) is 8.31. The number of pyridine rings is 1. The maximum atomic E-state index is 12.4. The number of hydrogen-bond acceptors (Lipinski definition) is 4. The summed E-state index contributed by atoms with van der Waals surface area (Å²) in [5.74, 6) is 0.321. The predicted octanol–water partition coefficient (Wildman–Crippen LogP) is 4.70. The quantitative estimate of drug-likeness (QED) is 0.702. The van der Waals surface area contributed by atoms with Crippen molar-refractivity contribution in [3.05, 3.63) is 77.6 Å². The number of rotatable bonds is 5. The molecule has 0 spiro atoms. The van der Waals surface area contributed by atoms with Gasteiger partial charge in [0.15, 0.2) is 0 Å². The molecular weight excluding hydrogens is 326 g/mol. The highest BCUT2D eigenvalue weighted by atomic mass is 16.5.